The average Bonchev–Trinajstić information content (AvgIpc) is 2.76. The zero-order chi connectivity index (χ0) is 17.0. The molecule has 0 aliphatic carbocycles. The van der Waals surface area contributed by atoms with Gasteiger partial charge < -0.3 is 15.0 Å². The minimum atomic E-state index is -0.209. The Kier molecular flexibility index (Phi) is 5.74. The summed E-state index contributed by atoms with van der Waals surface area (Å²) >= 11 is 0. The van der Waals surface area contributed by atoms with Crippen LogP contribution in [0.4, 0.5) is 4.39 Å². The van der Waals surface area contributed by atoms with Crippen LogP contribution in [0.1, 0.15) is 22.9 Å². The number of methoxy groups -OCH3 is 1. The summed E-state index contributed by atoms with van der Waals surface area (Å²) in [5.41, 5.74) is 2.95. The predicted octanol–water partition coefficient (Wildman–Crippen LogP) is 2.27. The van der Waals surface area contributed by atoms with Gasteiger partial charge in [-0.25, -0.2) is 9.07 Å². The van der Waals surface area contributed by atoms with Crippen molar-refractivity contribution in [3.63, 3.8) is 0 Å². The maximum absolute atomic E-state index is 13.5. The molecule has 0 unspecified atom stereocenters. The van der Waals surface area contributed by atoms with Crippen LogP contribution in [-0.2, 0) is 13.6 Å². The van der Waals surface area contributed by atoms with E-state index in [9.17, 15) is 4.39 Å². The molecule has 1 aromatic heterocycles. The fraction of sp³-hybridized carbons (Fsp3) is 0.471. The molecule has 1 aromatic carbocycles. The quantitative estimate of drug-likeness (QED) is 0.850. The lowest BCUT2D eigenvalue weighted by molar-refractivity contribution is 0.287. The molecule has 1 heterocycles. The summed E-state index contributed by atoms with van der Waals surface area (Å²) in [6.07, 6.45) is 0. The molecule has 0 radical (unpaired) electrons. The molecule has 0 saturated carbocycles. The van der Waals surface area contributed by atoms with E-state index in [0.717, 1.165) is 22.7 Å². The molecule has 2 rings (SSSR count). The van der Waals surface area contributed by atoms with E-state index in [1.54, 1.807) is 23.9 Å². The van der Waals surface area contributed by atoms with Crippen LogP contribution in [-0.4, -0.2) is 42.4 Å². The van der Waals surface area contributed by atoms with Crippen LogP contribution in [0.5, 0.6) is 5.88 Å². The largest absolute Gasteiger partial charge is 0.481 e. The number of hydrogen-bond acceptors (Lipinski definition) is 4. The molecule has 0 aliphatic rings. The van der Waals surface area contributed by atoms with Crippen LogP contribution in [0.3, 0.4) is 0 Å². The van der Waals surface area contributed by atoms with Gasteiger partial charge in [-0.3, -0.25) is 0 Å². The number of aromatic nitrogens is 2. The zero-order valence-corrected chi connectivity index (χ0v) is 14.4. The van der Waals surface area contributed by atoms with Crippen molar-refractivity contribution in [2.24, 2.45) is 7.05 Å². The van der Waals surface area contributed by atoms with E-state index in [-0.39, 0.29) is 11.9 Å². The molecule has 0 aliphatic heterocycles. The van der Waals surface area contributed by atoms with Crippen molar-refractivity contribution >= 4 is 0 Å². The molecule has 23 heavy (non-hydrogen) atoms. The molecule has 5 nitrogen and oxygen atoms in total. The number of halogens is 1. The van der Waals surface area contributed by atoms with E-state index in [1.807, 2.05) is 34.1 Å². The highest BCUT2D eigenvalue weighted by atomic mass is 19.1. The van der Waals surface area contributed by atoms with Gasteiger partial charge in [0.05, 0.1) is 18.4 Å². The van der Waals surface area contributed by atoms with Crippen molar-refractivity contribution in [3.8, 4) is 5.88 Å². The Balaban J connectivity index is 2.06. The lowest BCUT2D eigenvalue weighted by Gasteiger charge is -2.25. The Morgan fingerprint density at radius 2 is 2.13 bits per heavy atom. The smallest absolute Gasteiger partial charge is 0.216 e. The second-order valence-electron chi connectivity index (χ2n) is 5.86. The Morgan fingerprint density at radius 1 is 1.39 bits per heavy atom. The maximum Gasteiger partial charge on any atom is 0.216 e. The van der Waals surface area contributed by atoms with Gasteiger partial charge >= 0.3 is 0 Å². The topological polar surface area (TPSA) is 42.3 Å². The van der Waals surface area contributed by atoms with Gasteiger partial charge in [0.25, 0.3) is 0 Å². The third-order valence-corrected chi connectivity index (χ3v) is 3.98. The highest BCUT2D eigenvalue weighted by Gasteiger charge is 2.17. The minimum Gasteiger partial charge on any atom is -0.481 e. The fourth-order valence-corrected chi connectivity index (χ4v) is 2.79. The monoisotopic (exact) mass is 320 g/mol. The molecule has 0 saturated heterocycles. The number of rotatable bonds is 7. The van der Waals surface area contributed by atoms with Crippen LogP contribution in [0, 0.1) is 12.7 Å². The number of hydrogen-bond donors (Lipinski definition) is 1. The first-order chi connectivity index (χ1) is 10.9. The summed E-state index contributed by atoms with van der Waals surface area (Å²) in [7, 11) is 7.50. The molecule has 0 amide bonds. The third-order valence-electron chi connectivity index (χ3n) is 3.98. The molecule has 0 fully saturated rings. The first kappa shape index (κ1) is 17.4. The maximum atomic E-state index is 13.5. The van der Waals surface area contributed by atoms with Crippen LogP contribution >= 0.6 is 0 Å². The Hall–Kier alpha value is -1.92. The molecule has 126 valence electrons. The van der Waals surface area contributed by atoms with Gasteiger partial charge in [-0.15, -0.1) is 0 Å². The molecule has 0 bridgehead atoms. The number of aryl methyl sites for hydroxylation is 2. The number of likely N-dealkylation sites (N-methyl/N-ethyl adjacent to an activating group) is 1. The first-order valence-electron chi connectivity index (χ1n) is 7.63. The van der Waals surface area contributed by atoms with Gasteiger partial charge in [0.1, 0.15) is 5.82 Å². The van der Waals surface area contributed by atoms with Crippen molar-refractivity contribution in [2.75, 3.05) is 27.7 Å². The van der Waals surface area contributed by atoms with Crippen LogP contribution in [0.2, 0.25) is 0 Å². The average molecular weight is 320 g/mol. The van der Waals surface area contributed by atoms with Gasteiger partial charge in [-0.05, 0) is 38.7 Å². The summed E-state index contributed by atoms with van der Waals surface area (Å²) in [5.74, 6) is 0.557. The van der Waals surface area contributed by atoms with Crippen molar-refractivity contribution < 1.29 is 9.13 Å². The van der Waals surface area contributed by atoms with Gasteiger partial charge in [0.15, 0.2) is 0 Å². The SMILES string of the molecule is COc1c(CNC[C@H](c2cccc(F)c2)N(C)C)c(C)nn1C. The standard InChI is InChI=1S/C17H25FN4O/c1-12-15(17(23-5)22(4)20-12)10-19-11-16(21(2)3)13-7-6-8-14(18)9-13/h6-9,16,19H,10-11H2,1-5H3/t16-/m1/s1. The van der Waals surface area contributed by atoms with Gasteiger partial charge in [-0.2, -0.15) is 5.10 Å². The second kappa shape index (κ2) is 7.57. The van der Waals surface area contributed by atoms with Gasteiger partial charge in [-0.1, -0.05) is 12.1 Å². The normalized spacial score (nSPS) is 12.7. The minimum absolute atomic E-state index is 0.0914. The zero-order valence-electron chi connectivity index (χ0n) is 14.4. The fourth-order valence-electron chi connectivity index (χ4n) is 2.79. The molecule has 6 heteroatoms. The molecule has 0 spiro atoms. The highest BCUT2D eigenvalue weighted by molar-refractivity contribution is 5.30. The summed E-state index contributed by atoms with van der Waals surface area (Å²) in [6.45, 7) is 3.33. The number of nitrogens with one attached hydrogen (secondary N) is 1. The van der Waals surface area contributed by atoms with Crippen molar-refractivity contribution in [1.82, 2.24) is 20.0 Å². The lowest BCUT2D eigenvalue weighted by Crippen LogP contribution is -2.31. The van der Waals surface area contributed by atoms with Crippen LogP contribution < -0.4 is 10.1 Å². The van der Waals surface area contributed by atoms with E-state index >= 15 is 0 Å². The summed E-state index contributed by atoms with van der Waals surface area (Å²) < 4.78 is 20.6. The number of nitrogens with zero attached hydrogens (tertiary/aromatic N) is 3. The second-order valence-corrected chi connectivity index (χ2v) is 5.86. The lowest BCUT2D eigenvalue weighted by atomic mass is 10.1. The third kappa shape index (κ3) is 4.09. The first-order valence-corrected chi connectivity index (χ1v) is 7.63. The molecule has 1 N–H and O–H groups in total. The van der Waals surface area contributed by atoms with Crippen LogP contribution in [0.15, 0.2) is 24.3 Å². The Bertz CT molecular complexity index is 654. The Morgan fingerprint density at radius 3 is 2.74 bits per heavy atom. The van der Waals surface area contributed by atoms with E-state index in [4.69, 9.17) is 4.74 Å². The highest BCUT2D eigenvalue weighted by Crippen LogP contribution is 2.22. The molecular weight excluding hydrogens is 295 g/mol. The molecule has 1 atom stereocenters. The van der Waals surface area contributed by atoms with Crippen LogP contribution in [0.25, 0.3) is 0 Å². The summed E-state index contributed by atoms with van der Waals surface area (Å²) in [5, 5.41) is 7.81. The Labute approximate surface area is 137 Å². The van der Waals surface area contributed by atoms with E-state index in [0.29, 0.717) is 13.1 Å². The molecular formula is C17H25FN4O. The summed E-state index contributed by atoms with van der Waals surface area (Å²) in [6, 6.07) is 6.84. The van der Waals surface area contributed by atoms with Crippen molar-refractivity contribution in [3.05, 3.63) is 46.9 Å². The van der Waals surface area contributed by atoms with Crippen molar-refractivity contribution in [2.45, 2.75) is 19.5 Å². The van der Waals surface area contributed by atoms with E-state index in [1.165, 1.54) is 6.07 Å². The van der Waals surface area contributed by atoms with Gasteiger partial charge in [0, 0.05) is 26.2 Å². The van der Waals surface area contributed by atoms with E-state index in [2.05, 4.69) is 15.3 Å². The molecule has 2 aromatic rings. The number of ether oxygens (including phenoxy) is 1. The summed E-state index contributed by atoms with van der Waals surface area (Å²) in [4.78, 5) is 2.08. The number of benzene rings is 1. The van der Waals surface area contributed by atoms with Crippen molar-refractivity contribution in [1.29, 1.82) is 0 Å². The predicted molar refractivity (Wildman–Crippen MR) is 89.0 cm³/mol. The van der Waals surface area contributed by atoms with E-state index < -0.39 is 0 Å². The van der Waals surface area contributed by atoms with Gasteiger partial charge in [0.2, 0.25) is 5.88 Å².